The maximum absolute atomic E-state index is 9.56. The number of nitrogens with one attached hydrogen (secondary N) is 2. The molecule has 0 unspecified atom stereocenters. The molecular weight excluding hydrogens is 300 g/mol. The molecule has 3 heterocycles. The van der Waals surface area contributed by atoms with Crippen LogP contribution in [0.5, 0.6) is 0 Å². The van der Waals surface area contributed by atoms with Gasteiger partial charge in [-0.2, -0.15) is 4.98 Å². The molecule has 1 fully saturated rings. The summed E-state index contributed by atoms with van der Waals surface area (Å²) in [5.74, 6) is 0. The third-order valence-corrected chi connectivity index (χ3v) is 3.32. The van der Waals surface area contributed by atoms with E-state index in [1.807, 2.05) is 12.1 Å². The molecule has 0 aromatic carbocycles. The second-order valence-electron chi connectivity index (χ2n) is 4.36. The molecule has 2 atom stereocenters. The van der Waals surface area contributed by atoms with Crippen molar-refractivity contribution in [3.8, 4) is 0 Å². The average Bonchev–Trinajstić information content (AvgIpc) is 2.70. The molecule has 0 bridgehead atoms. The number of nitrogens with zero attached hydrogens (tertiary/aromatic N) is 2. The van der Waals surface area contributed by atoms with Crippen LogP contribution in [0.15, 0.2) is 21.2 Å². The highest BCUT2D eigenvalue weighted by Crippen LogP contribution is 2.20. The van der Waals surface area contributed by atoms with Gasteiger partial charge in [-0.05, 0) is 34.5 Å². The van der Waals surface area contributed by atoms with Crippen molar-refractivity contribution < 1.29 is 9.52 Å². The number of rotatable bonds is 2. The summed E-state index contributed by atoms with van der Waals surface area (Å²) in [6.07, 6.45) is 0.357. The van der Waals surface area contributed by atoms with E-state index in [0.717, 1.165) is 11.1 Å². The van der Waals surface area contributed by atoms with Gasteiger partial charge in [0.2, 0.25) is 5.65 Å². The molecule has 7 heteroatoms. The van der Waals surface area contributed by atoms with Crippen molar-refractivity contribution in [3.63, 3.8) is 0 Å². The lowest BCUT2D eigenvalue weighted by atomic mass is 10.1. The van der Waals surface area contributed by atoms with Crippen LogP contribution in [-0.2, 0) is 0 Å². The molecule has 1 saturated heterocycles. The van der Waals surface area contributed by atoms with E-state index in [1.165, 1.54) is 0 Å². The summed E-state index contributed by atoms with van der Waals surface area (Å²) in [4.78, 5) is 8.48. The zero-order valence-electron chi connectivity index (χ0n) is 9.56. The molecule has 96 valence electrons. The predicted molar refractivity (Wildman–Crippen MR) is 70.4 cm³/mol. The largest absolute Gasteiger partial charge is 0.422 e. The van der Waals surface area contributed by atoms with Crippen molar-refractivity contribution in [1.82, 2.24) is 15.3 Å². The van der Waals surface area contributed by atoms with Gasteiger partial charge in [-0.3, -0.25) is 0 Å². The molecule has 0 aliphatic carbocycles. The Morgan fingerprint density at radius 3 is 3.11 bits per heavy atom. The minimum absolute atomic E-state index is 0.116. The first-order valence-corrected chi connectivity index (χ1v) is 6.58. The van der Waals surface area contributed by atoms with E-state index in [0.29, 0.717) is 30.2 Å². The third kappa shape index (κ3) is 2.47. The van der Waals surface area contributed by atoms with Gasteiger partial charge in [0.05, 0.1) is 6.10 Å². The van der Waals surface area contributed by atoms with Gasteiger partial charge < -0.3 is 20.2 Å². The number of hydrogen-bond donors (Lipinski definition) is 3. The van der Waals surface area contributed by atoms with Crippen molar-refractivity contribution in [2.24, 2.45) is 0 Å². The van der Waals surface area contributed by atoms with Crippen molar-refractivity contribution in [1.29, 1.82) is 0 Å². The zero-order chi connectivity index (χ0) is 12.5. The normalized spacial score (nSPS) is 24.3. The lowest BCUT2D eigenvalue weighted by Crippen LogP contribution is -2.45. The van der Waals surface area contributed by atoms with Crippen LogP contribution >= 0.6 is 15.9 Å². The number of β-amino-alcohol motifs (C(OH)–C–C–N with tert-alkyl or cyclic N) is 1. The Morgan fingerprint density at radius 1 is 1.39 bits per heavy atom. The number of aliphatic hydroxyl groups excluding tert-OH is 1. The highest BCUT2D eigenvalue weighted by atomic mass is 79.9. The summed E-state index contributed by atoms with van der Waals surface area (Å²) in [5.41, 5.74) is 1.21. The van der Waals surface area contributed by atoms with Gasteiger partial charge in [0.25, 0.3) is 6.01 Å². The van der Waals surface area contributed by atoms with Gasteiger partial charge in [0, 0.05) is 19.1 Å². The smallest absolute Gasteiger partial charge is 0.297 e. The molecule has 18 heavy (non-hydrogen) atoms. The van der Waals surface area contributed by atoms with Crippen LogP contribution in [0.1, 0.15) is 6.42 Å². The Balaban J connectivity index is 1.78. The monoisotopic (exact) mass is 312 g/mol. The maximum Gasteiger partial charge on any atom is 0.297 e. The fourth-order valence-electron chi connectivity index (χ4n) is 2.06. The minimum atomic E-state index is -0.326. The molecule has 0 spiro atoms. The van der Waals surface area contributed by atoms with E-state index in [1.54, 1.807) is 0 Å². The minimum Gasteiger partial charge on any atom is -0.422 e. The Labute approximate surface area is 112 Å². The SMILES string of the molecule is O[C@@H]1CNC[C@H](Nc2nc3nc(Br)ccc3o2)C1. The third-order valence-electron chi connectivity index (χ3n) is 2.87. The molecular formula is C11H13BrN4O2. The molecule has 0 saturated carbocycles. The number of piperidine rings is 1. The summed E-state index contributed by atoms with van der Waals surface area (Å²) >= 11 is 3.29. The molecule has 2 aromatic rings. The number of pyridine rings is 1. The molecule has 1 aliphatic heterocycles. The number of halogens is 1. The first-order valence-electron chi connectivity index (χ1n) is 5.79. The van der Waals surface area contributed by atoms with Crippen LogP contribution < -0.4 is 10.6 Å². The fourth-order valence-corrected chi connectivity index (χ4v) is 2.36. The van der Waals surface area contributed by atoms with E-state index in [-0.39, 0.29) is 12.1 Å². The summed E-state index contributed by atoms with van der Waals surface area (Å²) in [6.45, 7) is 1.42. The number of hydrogen-bond acceptors (Lipinski definition) is 6. The number of aromatic nitrogens is 2. The Hall–Kier alpha value is -1.18. The van der Waals surface area contributed by atoms with Crippen LogP contribution in [0, 0.1) is 0 Å². The standard InChI is InChI=1S/C11H13BrN4O2/c12-9-2-1-8-10(15-9)16-11(18-8)14-6-3-7(17)5-13-4-6/h1-2,6-7,13,17H,3-5H2,(H,14,15,16)/t6-,7+/m1/s1. The van der Waals surface area contributed by atoms with Gasteiger partial charge in [0.1, 0.15) is 4.60 Å². The van der Waals surface area contributed by atoms with E-state index in [9.17, 15) is 5.11 Å². The first kappa shape index (κ1) is 11.9. The second kappa shape index (κ2) is 4.83. The van der Waals surface area contributed by atoms with Gasteiger partial charge in [-0.1, -0.05) is 0 Å². The highest BCUT2D eigenvalue weighted by Gasteiger charge is 2.21. The fraction of sp³-hybridized carbons (Fsp3) is 0.455. The van der Waals surface area contributed by atoms with Crippen LogP contribution in [0.2, 0.25) is 0 Å². The molecule has 6 nitrogen and oxygen atoms in total. The number of oxazole rings is 1. The summed E-state index contributed by atoms with van der Waals surface area (Å²) in [5, 5.41) is 15.9. The molecule has 2 aromatic heterocycles. The van der Waals surface area contributed by atoms with Crippen LogP contribution in [0.25, 0.3) is 11.2 Å². The van der Waals surface area contributed by atoms with Gasteiger partial charge in [-0.15, -0.1) is 0 Å². The van der Waals surface area contributed by atoms with Crippen LogP contribution in [0.3, 0.4) is 0 Å². The van der Waals surface area contributed by atoms with E-state index in [4.69, 9.17) is 4.42 Å². The maximum atomic E-state index is 9.56. The molecule has 0 amide bonds. The van der Waals surface area contributed by atoms with E-state index in [2.05, 4.69) is 36.5 Å². The van der Waals surface area contributed by atoms with Crippen molar-refractivity contribution >= 4 is 33.2 Å². The van der Waals surface area contributed by atoms with Crippen molar-refractivity contribution in [2.75, 3.05) is 18.4 Å². The molecule has 3 N–H and O–H groups in total. The second-order valence-corrected chi connectivity index (χ2v) is 5.18. The van der Waals surface area contributed by atoms with Crippen molar-refractivity contribution in [3.05, 3.63) is 16.7 Å². The Bertz CT molecular complexity index is 559. The van der Waals surface area contributed by atoms with Crippen molar-refractivity contribution in [2.45, 2.75) is 18.6 Å². The van der Waals surface area contributed by atoms with Crippen LogP contribution in [0.4, 0.5) is 6.01 Å². The predicted octanol–water partition coefficient (Wildman–Crippen LogP) is 1.12. The molecule has 3 rings (SSSR count). The Morgan fingerprint density at radius 2 is 2.28 bits per heavy atom. The molecule has 0 radical (unpaired) electrons. The summed E-state index contributed by atoms with van der Waals surface area (Å²) in [6, 6.07) is 4.18. The van der Waals surface area contributed by atoms with E-state index >= 15 is 0 Å². The zero-order valence-corrected chi connectivity index (χ0v) is 11.1. The number of anilines is 1. The lowest BCUT2D eigenvalue weighted by molar-refractivity contribution is 0.136. The summed E-state index contributed by atoms with van der Waals surface area (Å²) in [7, 11) is 0. The van der Waals surface area contributed by atoms with Gasteiger partial charge in [0.15, 0.2) is 5.58 Å². The van der Waals surface area contributed by atoms with Gasteiger partial charge in [-0.25, -0.2) is 4.98 Å². The summed E-state index contributed by atoms with van der Waals surface area (Å²) < 4.78 is 6.27. The number of fused-ring (bicyclic) bond motifs is 1. The first-order chi connectivity index (χ1) is 8.70. The Kier molecular flexibility index (Phi) is 3.19. The topological polar surface area (TPSA) is 83.2 Å². The van der Waals surface area contributed by atoms with E-state index < -0.39 is 0 Å². The lowest BCUT2D eigenvalue weighted by Gasteiger charge is -2.26. The quantitative estimate of drug-likeness (QED) is 0.721. The highest BCUT2D eigenvalue weighted by molar-refractivity contribution is 9.10. The van der Waals surface area contributed by atoms with Gasteiger partial charge >= 0.3 is 0 Å². The van der Waals surface area contributed by atoms with Crippen LogP contribution in [-0.4, -0.2) is 40.3 Å². The molecule has 1 aliphatic rings. The average molecular weight is 313 g/mol. The number of aliphatic hydroxyl groups is 1.